The Morgan fingerprint density at radius 3 is 2.61 bits per heavy atom. The van der Waals surface area contributed by atoms with Crippen molar-refractivity contribution < 1.29 is 28.6 Å². The van der Waals surface area contributed by atoms with E-state index in [9.17, 15) is 14.4 Å². The molecule has 0 bridgehead atoms. The molecule has 1 N–H and O–H groups in total. The molecule has 210 valence electrons. The number of amides is 4. The molecule has 0 unspecified atom stereocenters. The Hall–Kier alpha value is -2.85. The Kier molecular flexibility index (Phi) is 9.85. The third-order valence-electron chi connectivity index (χ3n) is 8.16. The summed E-state index contributed by atoms with van der Waals surface area (Å²) in [7, 11) is 4.77. The van der Waals surface area contributed by atoms with E-state index in [1.807, 2.05) is 17.0 Å². The first kappa shape index (κ1) is 28.2. The largest absolute Gasteiger partial charge is 0.493 e. The number of carbonyl (C=O) groups excluding carboxylic acids is 3. The number of urea groups is 1. The lowest BCUT2D eigenvalue weighted by atomic mass is 9.83. The molecule has 0 aromatic heterocycles. The smallest absolute Gasteiger partial charge is 0.324 e. The third kappa shape index (κ3) is 6.58. The number of nitrogens with zero attached hydrogens (tertiary/aromatic N) is 3. The topological polar surface area (TPSA) is 101 Å². The Morgan fingerprint density at radius 2 is 1.84 bits per heavy atom. The summed E-state index contributed by atoms with van der Waals surface area (Å²) in [6.45, 7) is 4.11. The molecular formula is C28H42N4O6. The van der Waals surface area contributed by atoms with Crippen molar-refractivity contribution in [1.29, 1.82) is 0 Å². The van der Waals surface area contributed by atoms with Crippen LogP contribution in [0.2, 0.25) is 0 Å². The van der Waals surface area contributed by atoms with Crippen molar-refractivity contribution >= 4 is 17.8 Å². The quantitative estimate of drug-likeness (QED) is 0.414. The molecular weight excluding hydrogens is 488 g/mol. The van der Waals surface area contributed by atoms with Gasteiger partial charge in [0.05, 0.1) is 27.2 Å². The number of methoxy groups -OCH3 is 3. The number of ether oxygens (including phenoxy) is 3. The van der Waals surface area contributed by atoms with Crippen LogP contribution in [0.3, 0.4) is 0 Å². The van der Waals surface area contributed by atoms with E-state index in [0.29, 0.717) is 49.6 Å². The summed E-state index contributed by atoms with van der Waals surface area (Å²) in [5.41, 5.74) is 0.915. The van der Waals surface area contributed by atoms with Crippen molar-refractivity contribution in [2.75, 3.05) is 60.7 Å². The fraction of sp³-hybridized carbons (Fsp3) is 0.679. The molecule has 0 saturated carbocycles. The van der Waals surface area contributed by atoms with Gasteiger partial charge in [0, 0.05) is 32.8 Å². The van der Waals surface area contributed by atoms with Crippen LogP contribution in [0.15, 0.2) is 18.2 Å². The Labute approximate surface area is 225 Å². The SMILES string of the molecule is COCCN(C[C@@H]1CCCN2CCCC[C@H]12)C(=O)C[C@@H]1NC(=O)N(CCc2ccc(OC)c(OC)c2)C1=O. The molecule has 3 fully saturated rings. The molecule has 10 heteroatoms. The maximum absolute atomic E-state index is 13.4. The van der Waals surface area contributed by atoms with Crippen LogP contribution in [0.5, 0.6) is 11.5 Å². The number of imide groups is 1. The zero-order valence-electron chi connectivity index (χ0n) is 22.9. The van der Waals surface area contributed by atoms with Gasteiger partial charge in [0.25, 0.3) is 5.91 Å². The van der Waals surface area contributed by atoms with Crippen molar-refractivity contribution in [2.24, 2.45) is 5.92 Å². The number of hydrogen-bond acceptors (Lipinski definition) is 7. The highest BCUT2D eigenvalue weighted by atomic mass is 16.5. The van der Waals surface area contributed by atoms with E-state index >= 15 is 0 Å². The average Bonchev–Trinajstić information content (AvgIpc) is 3.20. The Morgan fingerprint density at radius 1 is 1.05 bits per heavy atom. The van der Waals surface area contributed by atoms with E-state index in [2.05, 4.69) is 10.2 Å². The zero-order chi connectivity index (χ0) is 27.1. The molecule has 1 aromatic carbocycles. The van der Waals surface area contributed by atoms with E-state index in [4.69, 9.17) is 14.2 Å². The minimum Gasteiger partial charge on any atom is -0.493 e. The van der Waals surface area contributed by atoms with Gasteiger partial charge in [-0.3, -0.25) is 14.5 Å². The maximum Gasteiger partial charge on any atom is 0.324 e. The zero-order valence-corrected chi connectivity index (χ0v) is 22.9. The van der Waals surface area contributed by atoms with Gasteiger partial charge in [-0.25, -0.2) is 4.79 Å². The third-order valence-corrected chi connectivity index (χ3v) is 8.16. The predicted octanol–water partition coefficient (Wildman–Crippen LogP) is 2.30. The number of benzene rings is 1. The number of hydrogen-bond donors (Lipinski definition) is 1. The van der Waals surface area contributed by atoms with Gasteiger partial charge in [-0.15, -0.1) is 0 Å². The molecule has 38 heavy (non-hydrogen) atoms. The van der Waals surface area contributed by atoms with Crippen LogP contribution in [0.4, 0.5) is 4.79 Å². The van der Waals surface area contributed by atoms with Crippen LogP contribution in [0.25, 0.3) is 0 Å². The van der Waals surface area contributed by atoms with Crippen molar-refractivity contribution in [3.8, 4) is 11.5 Å². The van der Waals surface area contributed by atoms with Crippen LogP contribution in [0.1, 0.15) is 44.1 Å². The first-order valence-corrected chi connectivity index (χ1v) is 13.8. The van der Waals surface area contributed by atoms with E-state index in [0.717, 1.165) is 31.5 Å². The number of rotatable bonds is 12. The lowest BCUT2D eigenvalue weighted by Gasteiger charge is -2.45. The first-order chi connectivity index (χ1) is 18.4. The fourth-order valence-corrected chi connectivity index (χ4v) is 6.10. The van der Waals surface area contributed by atoms with Crippen LogP contribution in [0, 0.1) is 5.92 Å². The summed E-state index contributed by atoms with van der Waals surface area (Å²) in [6, 6.07) is 4.74. The molecule has 3 aliphatic rings. The van der Waals surface area contributed by atoms with Crippen LogP contribution in [-0.2, 0) is 20.7 Å². The standard InChI is InChI=1S/C28H42N4O6/c1-36-16-15-31(19-21-7-6-13-30-12-5-4-8-23(21)30)26(33)18-22-27(34)32(28(35)29-22)14-11-20-9-10-24(37-2)25(17-20)38-3/h9-10,17,21-23H,4-8,11-16,18-19H2,1-3H3,(H,29,35)/t21-,22-,23+/m0/s1. The summed E-state index contributed by atoms with van der Waals surface area (Å²) in [4.78, 5) is 44.8. The average molecular weight is 531 g/mol. The highest BCUT2D eigenvalue weighted by Crippen LogP contribution is 2.32. The second kappa shape index (κ2) is 13.3. The molecule has 10 nitrogen and oxygen atoms in total. The predicted molar refractivity (Wildman–Crippen MR) is 142 cm³/mol. The van der Waals surface area contributed by atoms with E-state index in [1.165, 1.54) is 24.2 Å². The van der Waals surface area contributed by atoms with Gasteiger partial charge >= 0.3 is 6.03 Å². The molecule has 0 radical (unpaired) electrons. The van der Waals surface area contributed by atoms with Gasteiger partial charge in [0.15, 0.2) is 11.5 Å². The van der Waals surface area contributed by atoms with E-state index in [1.54, 1.807) is 27.4 Å². The molecule has 1 aromatic rings. The summed E-state index contributed by atoms with van der Waals surface area (Å²) < 4.78 is 15.9. The van der Waals surface area contributed by atoms with Crippen LogP contribution < -0.4 is 14.8 Å². The Bertz CT molecular complexity index is 986. The van der Waals surface area contributed by atoms with Gasteiger partial charge in [-0.2, -0.15) is 0 Å². The minimum absolute atomic E-state index is 0.0394. The molecule has 4 amide bonds. The summed E-state index contributed by atoms with van der Waals surface area (Å²) in [5.74, 6) is 1.17. The summed E-state index contributed by atoms with van der Waals surface area (Å²) >= 11 is 0. The van der Waals surface area contributed by atoms with E-state index in [-0.39, 0.29) is 24.8 Å². The molecule has 3 atom stereocenters. The van der Waals surface area contributed by atoms with Crippen molar-refractivity contribution in [2.45, 2.75) is 57.0 Å². The van der Waals surface area contributed by atoms with Crippen molar-refractivity contribution in [3.63, 3.8) is 0 Å². The summed E-state index contributed by atoms with van der Waals surface area (Å²) in [6.07, 6.45) is 6.37. The van der Waals surface area contributed by atoms with E-state index < -0.39 is 12.1 Å². The highest BCUT2D eigenvalue weighted by molar-refractivity contribution is 6.05. The second-order valence-corrected chi connectivity index (χ2v) is 10.5. The van der Waals surface area contributed by atoms with Crippen molar-refractivity contribution in [1.82, 2.24) is 20.0 Å². The van der Waals surface area contributed by atoms with Crippen molar-refractivity contribution in [3.05, 3.63) is 23.8 Å². The minimum atomic E-state index is -0.844. The molecule has 0 spiro atoms. The molecule has 3 aliphatic heterocycles. The molecule has 3 saturated heterocycles. The highest BCUT2D eigenvalue weighted by Gasteiger charge is 2.40. The number of nitrogens with one attached hydrogen (secondary N) is 1. The number of carbonyl (C=O) groups is 3. The van der Waals surface area contributed by atoms with Crippen LogP contribution in [-0.4, -0.2) is 105 Å². The van der Waals surface area contributed by atoms with Gasteiger partial charge < -0.3 is 29.3 Å². The lowest BCUT2D eigenvalue weighted by molar-refractivity contribution is -0.137. The molecule has 4 rings (SSSR count). The second-order valence-electron chi connectivity index (χ2n) is 10.5. The number of fused-ring (bicyclic) bond motifs is 1. The monoisotopic (exact) mass is 530 g/mol. The van der Waals surface area contributed by atoms with Gasteiger partial charge in [0.1, 0.15) is 6.04 Å². The first-order valence-electron chi connectivity index (χ1n) is 13.8. The fourth-order valence-electron chi connectivity index (χ4n) is 6.10. The Balaban J connectivity index is 1.35. The number of piperidine rings is 2. The van der Waals surface area contributed by atoms with Gasteiger partial charge in [0.2, 0.25) is 5.91 Å². The lowest BCUT2D eigenvalue weighted by Crippen LogP contribution is -2.52. The van der Waals surface area contributed by atoms with Gasteiger partial charge in [-0.05, 0) is 68.8 Å². The van der Waals surface area contributed by atoms with Crippen LogP contribution >= 0.6 is 0 Å². The molecule has 0 aliphatic carbocycles. The van der Waals surface area contributed by atoms with Gasteiger partial charge in [-0.1, -0.05) is 12.5 Å². The molecule has 3 heterocycles. The maximum atomic E-state index is 13.4. The normalized spacial score (nSPS) is 23.7. The summed E-state index contributed by atoms with van der Waals surface area (Å²) in [5, 5.41) is 2.73.